The average molecular weight is 478 g/mol. The van der Waals surface area contributed by atoms with Gasteiger partial charge in [0.05, 0.1) is 12.1 Å². The monoisotopic (exact) mass is 477 g/mol. The van der Waals surface area contributed by atoms with Crippen molar-refractivity contribution in [1.29, 1.82) is 0 Å². The first kappa shape index (κ1) is 22.6. The van der Waals surface area contributed by atoms with E-state index in [0.717, 1.165) is 47.3 Å². The number of rotatable bonds is 4. The van der Waals surface area contributed by atoms with Crippen LogP contribution in [0.2, 0.25) is 5.02 Å². The van der Waals surface area contributed by atoms with Crippen molar-refractivity contribution >= 4 is 23.2 Å². The van der Waals surface area contributed by atoms with E-state index in [2.05, 4.69) is 16.0 Å². The first-order chi connectivity index (χ1) is 16.5. The maximum Gasteiger partial charge on any atom is 0.237 e. The van der Waals surface area contributed by atoms with Crippen LogP contribution in [0.4, 0.5) is 5.69 Å². The fourth-order valence-corrected chi connectivity index (χ4v) is 4.97. The number of aryl methyl sites for hydroxylation is 1. The molecule has 2 aliphatic heterocycles. The number of phenolic OH excluding ortho intramolecular Hbond substituents is 1. The maximum absolute atomic E-state index is 13.3. The summed E-state index contributed by atoms with van der Waals surface area (Å²) in [5.74, 6) is 1.68. The van der Waals surface area contributed by atoms with Crippen molar-refractivity contribution in [2.45, 2.75) is 38.3 Å². The summed E-state index contributed by atoms with van der Waals surface area (Å²) in [4.78, 5) is 13.3. The molecule has 0 radical (unpaired) electrons. The van der Waals surface area contributed by atoms with Gasteiger partial charge in [-0.2, -0.15) is 0 Å². The molecule has 0 saturated heterocycles. The number of carbonyl (C=O) groups is 1. The number of ether oxygens (including phenoxy) is 1. The van der Waals surface area contributed by atoms with Crippen LogP contribution in [0, 0.1) is 6.92 Å². The van der Waals surface area contributed by atoms with Gasteiger partial charge in [0.25, 0.3) is 0 Å². The Morgan fingerprint density at radius 3 is 2.71 bits per heavy atom. The molecule has 0 spiro atoms. The number of hydrogen-bond acceptors (Lipinski definition) is 5. The summed E-state index contributed by atoms with van der Waals surface area (Å²) >= 11 is 5.97. The highest BCUT2D eigenvalue weighted by Gasteiger charge is 2.28. The standard InChI is InChI=1S/C27H28ClN3O3/c1-16-12-19(32)13-17-8-10-30-26(15-22(16)17)27(33)31-25-9-11-29-24-7-6-21(14-23(24)25)34-20-4-2-18(28)3-5-20/h2-7,12-14,25-26,29-30,32H,8-11,15H2,1H3,(H,31,33). The maximum atomic E-state index is 13.3. The van der Waals surface area contributed by atoms with E-state index >= 15 is 0 Å². The molecule has 0 bridgehead atoms. The number of phenols is 1. The van der Waals surface area contributed by atoms with Crippen LogP contribution in [-0.2, 0) is 17.6 Å². The Balaban J connectivity index is 1.33. The van der Waals surface area contributed by atoms with E-state index < -0.39 is 0 Å². The van der Waals surface area contributed by atoms with Gasteiger partial charge in [-0.25, -0.2) is 0 Å². The molecule has 1 amide bonds. The zero-order valence-electron chi connectivity index (χ0n) is 19.0. The molecule has 6 nitrogen and oxygen atoms in total. The van der Waals surface area contributed by atoms with Crippen LogP contribution >= 0.6 is 11.6 Å². The highest BCUT2D eigenvalue weighted by atomic mass is 35.5. The first-order valence-electron chi connectivity index (χ1n) is 11.6. The number of hydrogen-bond donors (Lipinski definition) is 4. The molecule has 34 heavy (non-hydrogen) atoms. The van der Waals surface area contributed by atoms with Crippen molar-refractivity contribution < 1.29 is 14.6 Å². The second kappa shape index (κ2) is 9.57. The van der Waals surface area contributed by atoms with Gasteiger partial charge in [-0.3, -0.25) is 4.79 Å². The minimum absolute atomic E-state index is 0.0119. The van der Waals surface area contributed by atoms with Crippen LogP contribution in [0.25, 0.3) is 0 Å². The average Bonchev–Trinajstić information content (AvgIpc) is 3.04. The molecular formula is C27H28ClN3O3. The Hall–Kier alpha value is -3.22. The number of anilines is 1. The third-order valence-corrected chi connectivity index (χ3v) is 6.82. The third kappa shape index (κ3) is 4.83. The van der Waals surface area contributed by atoms with Gasteiger partial charge in [0.2, 0.25) is 5.91 Å². The zero-order valence-corrected chi connectivity index (χ0v) is 19.8. The summed E-state index contributed by atoms with van der Waals surface area (Å²) < 4.78 is 6.02. The number of benzene rings is 3. The van der Waals surface area contributed by atoms with Crippen molar-refractivity contribution in [2.24, 2.45) is 0 Å². The molecule has 5 rings (SSSR count). The molecule has 2 aliphatic rings. The second-order valence-electron chi connectivity index (χ2n) is 8.94. The van der Waals surface area contributed by atoms with Gasteiger partial charge in [0, 0.05) is 22.8 Å². The van der Waals surface area contributed by atoms with E-state index in [9.17, 15) is 9.90 Å². The van der Waals surface area contributed by atoms with Gasteiger partial charge in [-0.15, -0.1) is 0 Å². The number of halogens is 1. The Kier molecular flexibility index (Phi) is 6.35. The molecular weight excluding hydrogens is 450 g/mol. The van der Waals surface area contributed by atoms with Gasteiger partial charge >= 0.3 is 0 Å². The molecule has 7 heteroatoms. The predicted octanol–water partition coefficient (Wildman–Crippen LogP) is 4.88. The highest BCUT2D eigenvalue weighted by Crippen LogP contribution is 2.35. The molecule has 0 fully saturated rings. The smallest absolute Gasteiger partial charge is 0.237 e. The lowest BCUT2D eigenvalue weighted by atomic mass is 9.94. The number of fused-ring (bicyclic) bond motifs is 2. The van der Waals surface area contributed by atoms with Crippen LogP contribution in [0.3, 0.4) is 0 Å². The third-order valence-electron chi connectivity index (χ3n) is 6.57. The van der Waals surface area contributed by atoms with E-state index in [1.807, 2.05) is 43.3 Å². The summed E-state index contributed by atoms with van der Waals surface area (Å²) in [5, 5.41) is 20.7. The highest BCUT2D eigenvalue weighted by molar-refractivity contribution is 6.30. The molecule has 2 unspecified atom stereocenters. The van der Waals surface area contributed by atoms with Gasteiger partial charge in [-0.05, 0) is 104 Å². The van der Waals surface area contributed by atoms with Gasteiger partial charge in [0.15, 0.2) is 0 Å². The molecule has 2 heterocycles. The number of nitrogens with one attached hydrogen (secondary N) is 3. The molecule has 2 atom stereocenters. The van der Waals surface area contributed by atoms with E-state index in [1.165, 1.54) is 0 Å². The lowest BCUT2D eigenvalue weighted by molar-refractivity contribution is -0.123. The number of aromatic hydroxyl groups is 1. The lowest BCUT2D eigenvalue weighted by Crippen LogP contribution is -2.47. The van der Waals surface area contributed by atoms with Gasteiger partial charge in [-0.1, -0.05) is 11.6 Å². The van der Waals surface area contributed by atoms with Crippen LogP contribution < -0.4 is 20.7 Å². The predicted molar refractivity (Wildman–Crippen MR) is 134 cm³/mol. The van der Waals surface area contributed by atoms with Crippen LogP contribution in [0.5, 0.6) is 17.2 Å². The van der Waals surface area contributed by atoms with E-state index in [4.69, 9.17) is 16.3 Å². The lowest BCUT2D eigenvalue weighted by Gasteiger charge is -2.29. The molecule has 0 aliphatic carbocycles. The fraction of sp³-hybridized carbons (Fsp3) is 0.296. The summed E-state index contributed by atoms with van der Waals surface area (Å²) in [7, 11) is 0. The molecule has 3 aromatic rings. The van der Waals surface area contributed by atoms with Crippen molar-refractivity contribution in [2.75, 3.05) is 18.4 Å². The largest absolute Gasteiger partial charge is 0.508 e. The zero-order chi connectivity index (χ0) is 23.7. The Labute approximate surface area is 204 Å². The molecule has 0 saturated carbocycles. The Morgan fingerprint density at radius 2 is 1.88 bits per heavy atom. The van der Waals surface area contributed by atoms with E-state index in [0.29, 0.717) is 29.5 Å². The van der Waals surface area contributed by atoms with Gasteiger partial charge in [0.1, 0.15) is 17.2 Å². The summed E-state index contributed by atoms with van der Waals surface area (Å²) in [6, 6.07) is 16.3. The van der Waals surface area contributed by atoms with Gasteiger partial charge < -0.3 is 25.8 Å². The number of carbonyl (C=O) groups excluding carboxylic acids is 1. The van der Waals surface area contributed by atoms with Crippen molar-refractivity contribution in [3.63, 3.8) is 0 Å². The Bertz CT molecular complexity index is 1210. The van der Waals surface area contributed by atoms with E-state index in [-0.39, 0.29) is 23.7 Å². The van der Waals surface area contributed by atoms with Crippen LogP contribution in [0.15, 0.2) is 54.6 Å². The molecule has 176 valence electrons. The van der Waals surface area contributed by atoms with Crippen molar-refractivity contribution in [3.05, 3.63) is 81.9 Å². The SMILES string of the molecule is Cc1cc(O)cc2c1CC(C(=O)NC1CCNc3ccc(Oc4ccc(Cl)cc4)cc31)NCC2. The molecule has 4 N–H and O–H groups in total. The molecule has 0 aromatic heterocycles. The topological polar surface area (TPSA) is 82.6 Å². The van der Waals surface area contributed by atoms with Crippen LogP contribution in [-0.4, -0.2) is 30.1 Å². The first-order valence-corrected chi connectivity index (χ1v) is 12.0. The van der Waals surface area contributed by atoms with Crippen LogP contribution in [0.1, 0.15) is 34.7 Å². The Morgan fingerprint density at radius 1 is 1.09 bits per heavy atom. The van der Waals surface area contributed by atoms with Crippen molar-refractivity contribution in [3.8, 4) is 17.2 Å². The summed E-state index contributed by atoms with van der Waals surface area (Å²) in [5.41, 5.74) is 5.29. The number of amides is 1. The molecule has 3 aromatic carbocycles. The summed E-state index contributed by atoms with van der Waals surface area (Å²) in [6.45, 7) is 3.47. The summed E-state index contributed by atoms with van der Waals surface area (Å²) in [6.07, 6.45) is 2.18. The fourth-order valence-electron chi connectivity index (χ4n) is 4.85. The second-order valence-corrected chi connectivity index (χ2v) is 9.38. The normalized spacial score (nSPS) is 19.2. The van der Waals surface area contributed by atoms with E-state index in [1.54, 1.807) is 18.2 Å². The quantitative estimate of drug-likeness (QED) is 0.430. The minimum atomic E-state index is -0.323. The minimum Gasteiger partial charge on any atom is -0.508 e. The van der Waals surface area contributed by atoms with Crippen molar-refractivity contribution in [1.82, 2.24) is 10.6 Å².